The number of rotatable bonds is 7. The molecule has 2 aromatic rings. The van der Waals surface area contributed by atoms with E-state index in [4.69, 9.17) is 4.74 Å². The Hall–Kier alpha value is -3.35. The van der Waals surface area contributed by atoms with Crippen molar-refractivity contribution in [2.24, 2.45) is 5.92 Å². The zero-order chi connectivity index (χ0) is 23.1. The maximum atomic E-state index is 12.5. The fourth-order valence-corrected chi connectivity index (χ4v) is 4.02. The van der Waals surface area contributed by atoms with Crippen LogP contribution in [-0.4, -0.2) is 48.9 Å². The summed E-state index contributed by atoms with van der Waals surface area (Å²) in [6.45, 7) is 6.84. The molecule has 0 radical (unpaired) electrons. The highest BCUT2D eigenvalue weighted by Gasteiger charge is 2.27. The molecule has 0 aromatic heterocycles. The van der Waals surface area contributed by atoms with E-state index in [1.54, 1.807) is 4.90 Å². The summed E-state index contributed by atoms with van der Waals surface area (Å²) in [4.78, 5) is 38.9. The van der Waals surface area contributed by atoms with E-state index in [1.165, 1.54) is 0 Å². The maximum absolute atomic E-state index is 12.5. The number of benzene rings is 2. The summed E-state index contributed by atoms with van der Waals surface area (Å²) in [7, 11) is 0. The quantitative estimate of drug-likeness (QED) is 0.697. The summed E-state index contributed by atoms with van der Waals surface area (Å²) in [5.74, 6) is -0.0331. The van der Waals surface area contributed by atoms with Gasteiger partial charge in [0, 0.05) is 24.7 Å². The minimum absolute atomic E-state index is 0.0150. The van der Waals surface area contributed by atoms with Crippen molar-refractivity contribution in [3.63, 3.8) is 0 Å². The number of carbonyl (C=O) groups is 3. The molecule has 1 fully saturated rings. The molecular weight excluding hydrogens is 406 g/mol. The van der Waals surface area contributed by atoms with E-state index in [-0.39, 0.29) is 36.8 Å². The number of ether oxygens (including phenoxy) is 1. The highest BCUT2D eigenvalue weighted by Crippen LogP contribution is 2.22. The third-order valence-electron chi connectivity index (χ3n) is 5.69. The Morgan fingerprint density at radius 2 is 1.62 bits per heavy atom. The molecule has 32 heavy (non-hydrogen) atoms. The van der Waals surface area contributed by atoms with Crippen LogP contribution in [0.15, 0.2) is 42.5 Å². The lowest BCUT2D eigenvalue weighted by Gasteiger charge is -2.31. The third kappa shape index (κ3) is 6.33. The normalized spacial score (nSPS) is 14.0. The average molecular weight is 438 g/mol. The molecule has 0 atom stereocenters. The molecule has 2 aromatic carbocycles. The predicted octanol–water partition coefficient (Wildman–Crippen LogP) is 2.98. The Morgan fingerprint density at radius 1 is 1.00 bits per heavy atom. The SMILES string of the molecule is Cc1cc(C)c(NC(=O)CNC(=O)C2CCN(C(=O)COc3ccccc3)CC2)c(C)c1. The van der Waals surface area contributed by atoms with Crippen molar-refractivity contribution in [1.29, 1.82) is 0 Å². The van der Waals surface area contributed by atoms with Gasteiger partial charge in [0.05, 0.1) is 6.54 Å². The molecule has 1 aliphatic rings. The number of hydrogen-bond acceptors (Lipinski definition) is 4. The topological polar surface area (TPSA) is 87.7 Å². The van der Waals surface area contributed by atoms with Crippen LogP contribution in [-0.2, 0) is 14.4 Å². The van der Waals surface area contributed by atoms with E-state index in [0.29, 0.717) is 31.7 Å². The minimum atomic E-state index is -0.251. The van der Waals surface area contributed by atoms with Gasteiger partial charge in [0.2, 0.25) is 11.8 Å². The lowest BCUT2D eigenvalue weighted by atomic mass is 9.96. The lowest BCUT2D eigenvalue weighted by Crippen LogP contribution is -2.45. The van der Waals surface area contributed by atoms with Crippen molar-refractivity contribution < 1.29 is 19.1 Å². The van der Waals surface area contributed by atoms with Gasteiger partial charge in [-0.25, -0.2) is 0 Å². The van der Waals surface area contributed by atoms with Gasteiger partial charge in [-0.15, -0.1) is 0 Å². The van der Waals surface area contributed by atoms with E-state index in [0.717, 1.165) is 22.4 Å². The van der Waals surface area contributed by atoms with E-state index in [1.807, 2.05) is 63.2 Å². The molecule has 0 bridgehead atoms. The average Bonchev–Trinajstić information content (AvgIpc) is 2.79. The van der Waals surface area contributed by atoms with Gasteiger partial charge in [-0.3, -0.25) is 14.4 Å². The van der Waals surface area contributed by atoms with Crippen molar-refractivity contribution >= 4 is 23.4 Å². The molecule has 1 saturated heterocycles. The van der Waals surface area contributed by atoms with Crippen molar-refractivity contribution in [2.45, 2.75) is 33.6 Å². The number of likely N-dealkylation sites (tertiary alicyclic amines) is 1. The Labute approximate surface area is 189 Å². The van der Waals surface area contributed by atoms with Gasteiger partial charge < -0.3 is 20.3 Å². The first-order valence-electron chi connectivity index (χ1n) is 10.9. The van der Waals surface area contributed by atoms with Crippen molar-refractivity contribution in [2.75, 3.05) is 31.6 Å². The molecular formula is C25H31N3O4. The lowest BCUT2D eigenvalue weighted by molar-refractivity contribution is -0.137. The molecule has 0 saturated carbocycles. The maximum Gasteiger partial charge on any atom is 0.260 e. The number of nitrogens with zero attached hydrogens (tertiary/aromatic N) is 1. The number of hydrogen-bond donors (Lipinski definition) is 2. The number of para-hydroxylation sites is 1. The van der Waals surface area contributed by atoms with Crippen LogP contribution in [0, 0.1) is 26.7 Å². The van der Waals surface area contributed by atoms with E-state index < -0.39 is 0 Å². The molecule has 3 amide bonds. The molecule has 3 rings (SSSR count). The van der Waals surface area contributed by atoms with Gasteiger partial charge in [0.15, 0.2) is 6.61 Å². The second-order valence-electron chi connectivity index (χ2n) is 8.30. The van der Waals surface area contributed by atoms with Gasteiger partial charge >= 0.3 is 0 Å². The third-order valence-corrected chi connectivity index (χ3v) is 5.69. The molecule has 7 nitrogen and oxygen atoms in total. The number of anilines is 1. The zero-order valence-corrected chi connectivity index (χ0v) is 18.9. The fourth-order valence-electron chi connectivity index (χ4n) is 4.02. The zero-order valence-electron chi connectivity index (χ0n) is 18.9. The Bertz CT molecular complexity index is 943. The first kappa shape index (κ1) is 23.3. The van der Waals surface area contributed by atoms with Crippen molar-refractivity contribution in [1.82, 2.24) is 10.2 Å². The molecule has 0 spiro atoms. The summed E-state index contributed by atoms with van der Waals surface area (Å²) in [5.41, 5.74) is 3.92. The van der Waals surface area contributed by atoms with Crippen LogP contribution in [0.2, 0.25) is 0 Å². The second-order valence-corrected chi connectivity index (χ2v) is 8.30. The second kappa shape index (κ2) is 10.8. The molecule has 0 unspecified atom stereocenters. The van der Waals surface area contributed by atoms with Gasteiger partial charge in [-0.2, -0.15) is 0 Å². The van der Waals surface area contributed by atoms with Crippen LogP contribution in [0.4, 0.5) is 5.69 Å². The number of amides is 3. The van der Waals surface area contributed by atoms with Crippen LogP contribution in [0.1, 0.15) is 29.5 Å². The van der Waals surface area contributed by atoms with Gasteiger partial charge in [0.1, 0.15) is 5.75 Å². The summed E-state index contributed by atoms with van der Waals surface area (Å²) >= 11 is 0. The highest BCUT2D eigenvalue weighted by molar-refractivity contribution is 5.96. The fraction of sp³-hybridized carbons (Fsp3) is 0.400. The van der Waals surface area contributed by atoms with E-state index in [9.17, 15) is 14.4 Å². The molecule has 2 N–H and O–H groups in total. The minimum Gasteiger partial charge on any atom is -0.484 e. The molecule has 170 valence electrons. The largest absolute Gasteiger partial charge is 0.484 e. The Balaban J connectivity index is 1.39. The molecule has 0 aliphatic carbocycles. The smallest absolute Gasteiger partial charge is 0.260 e. The Kier molecular flexibility index (Phi) is 7.87. The van der Waals surface area contributed by atoms with Crippen molar-refractivity contribution in [3.05, 3.63) is 59.2 Å². The molecule has 7 heteroatoms. The highest BCUT2D eigenvalue weighted by atomic mass is 16.5. The standard InChI is InChI=1S/C25H31N3O4/c1-17-13-18(2)24(19(3)14-17)27-22(29)15-26-25(31)20-9-11-28(12-10-20)23(30)16-32-21-7-5-4-6-8-21/h4-8,13-14,20H,9-12,15-16H2,1-3H3,(H,26,31)(H,27,29). The van der Waals surface area contributed by atoms with Crippen LogP contribution < -0.4 is 15.4 Å². The Morgan fingerprint density at radius 3 is 2.25 bits per heavy atom. The number of nitrogens with one attached hydrogen (secondary N) is 2. The number of piperidine rings is 1. The van der Waals surface area contributed by atoms with E-state index in [2.05, 4.69) is 10.6 Å². The summed E-state index contributed by atoms with van der Waals surface area (Å²) in [5, 5.41) is 5.63. The molecule has 1 aliphatic heterocycles. The van der Waals surface area contributed by atoms with Crippen LogP contribution >= 0.6 is 0 Å². The van der Waals surface area contributed by atoms with Gasteiger partial charge in [-0.1, -0.05) is 35.9 Å². The summed E-state index contributed by atoms with van der Waals surface area (Å²) in [6, 6.07) is 13.2. The summed E-state index contributed by atoms with van der Waals surface area (Å²) < 4.78 is 5.52. The monoisotopic (exact) mass is 437 g/mol. The molecule has 1 heterocycles. The van der Waals surface area contributed by atoms with Gasteiger partial charge in [0.25, 0.3) is 5.91 Å². The first-order valence-corrected chi connectivity index (χ1v) is 10.9. The van der Waals surface area contributed by atoms with Crippen LogP contribution in [0.5, 0.6) is 5.75 Å². The van der Waals surface area contributed by atoms with Crippen LogP contribution in [0.3, 0.4) is 0 Å². The van der Waals surface area contributed by atoms with Crippen LogP contribution in [0.25, 0.3) is 0 Å². The number of aryl methyl sites for hydroxylation is 3. The first-order chi connectivity index (χ1) is 15.3. The summed E-state index contributed by atoms with van der Waals surface area (Å²) in [6.07, 6.45) is 1.14. The number of carbonyl (C=O) groups excluding carboxylic acids is 3. The van der Waals surface area contributed by atoms with Crippen molar-refractivity contribution in [3.8, 4) is 5.75 Å². The van der Waals surface area contributed by atoms with Gasteiger partial charge in [-0.05, 0) is 56.9 Å². The van der Waals surface area contributed by atoms with E-state index >= 15 is 0 Å². The predicted molar refractivity (Wildman–Crippen MR) is 124 cm³/mol.